The van der Waals surface area contributed by atoms with Crippen molar-refractivity contribution in [2.75, 3.05) is 7.11 Å². The van der Waals surface area contributed by atoms with E-state index in [1.165, 1.54) is 12.0 Å². The van der Waals surface area contributed by atoms with Gasteiger partial charge in [0.05, 0.1) is 7.11 Å². The van der Waals surface area contributed by atoms with Gasteiger partial charge in [0.25, 0.3) is 0 Å². The van der Waals surface area contributed by atoms with Gasteiger partial charge in [0.1, 0.15) is 5.75 Å². The van der Waals surface area contributed by atoms with Crippen molar-refractivity contribution in [1.29, 1.82) is 0 Å². The second-order valence-electron chi connectivity index (χ2n) is 4.74. The molecule has 1 fully saturated rings. The van der Waals surface area contributed by atoms with Crippen LogP contribution in [-0.4, -0.2) is 7.11 Å². The number of nitrogens with two attached hydrogens (primary N) is 1. The highest BCUT2D eigenvalue weighted by atomic mass is 79.9. The first-order chi connectivity index (χ1) is 7.49. The standard InChI is InChI=1S/C13H18BrNO/c1-8-7-9(2)12(16-3)10(11(8)14)13(15)5-4-6-13/h7H,4-6,15H2,1-3H3. The van der Waals surface area contributed by atoms with E-state index < -0.39 is 0 Å². The van der Waals surface area contributed by atoms with Crippen molar-refractivity contribution in [3.8, 4) is 5.75 Å². The molecule has 1 aromatic rings. The lowest BCUT2D eigenvalue weighted by Gasteiger charge is -2.40. The van der Waals surface area contributed by atoms with Crippen LogP contribution in [0.15, 0.2) is 10.5 Å². The third-order valence-electron chi connectivity index (χ3n) is 3.53. The third-order valence-corrected chi connectivity index (χ3v) is 4.55. The maximum atomic E-state index is 6.43. The van der Waals surface area contributed by atoms with Crippen LogP contribution in [0.2, 0.25) is 0 Å². The Kier molecular flexibility index (Phi) is 3.01. The molecule has 2 nitrogen and oxygen atoms in total. The van der Waals surface area contributed by atoms with E-state index in [0.717, 1.165) is 34.2 Å². The Morgan fingerprint density at radius 1 is 1.31 bits per heavy atom. The molecule has 2 rings (SSSR count). The average molecular weight is 284 g/mol. The van der Waals surface area contributed by atoms with Gasteiger partial charge >= 0.3 is 0 Å². The molecule has 0 amide bonds. The number of hydrogen-bond acceptors (Lipinski definition) is 2. The minimum absolute atomic E-state index is 0.193. The zero-order valence-corrected chi connectivity index (χ0v) is 11.6. The van der Waals surface area contributed by atoms with E-state index in [-0.39, 0.29) is 5.54 Å². The summed E-state index contributed by atoms with van der Waals surface area (Å²) < 4.78 is 6.63. The second kappa shape index (κ2) is 4.04. The smallest absolute Gasteiger partial charge is 0.127 e. The van der Waals surface area contributed by atoms with Crippen LogP contribution in [-0.2, 0) is 5.54 Å². The first-order valence-corrected chi connectivity index (χ1v) is 6.42. The molecule has 0 radical (unpaired) electrons. The van der Waals surface area contributed by atoms with Gasteiger partial charge in [0, 0.05) is 15.6 Å². The largest absolute Gasteiger partial charge is 0.496 e. The van der Waals surface area contributed by atoms with Gasteiger partial charge in [0.2, 0.25) is 0 Å². The number of benzene rings is 1. The minimum Gasteiger partial charge on any atom is -0.496 e. The Balaban J connectivity index is 2.65. The van der Waals surface area contributed by atoms with Crippen molar-refractivity contribution in [3.05, 3.63) is 27.2 Å². The normalized spacial score (nSPS) is 18.1. The van der Waals surface area contributed by atoms with Crippen molar-refractivity contribution in [3.63, 3.8) is 0 Å². The van der Waals surface area contributed by atoms with E-state index in [2.05, 4.69) is 35.8 Å². The van der Waals surface area contributed by atoms with Gasteiger partial charge in [-0.1, -0.05) is 22.0 Å². The molecular weight excluding hydrogens is 266 g/mol. The van der Waals surface area contributed by atoms with Crippen LogP contribution in [0.5, 0.6) is 5.75 Å². The van der Waals surface area contributed by atoms with E-state index in [1.54, 1.807) is 7.11 Å². The van der Waals surface area contributed by atoms with Crippen LogP contribution in [0.4, 0.5) is 0 Å². The van der Waals surface area contributed by atoms with E-state index in [1.807, 2.05) is 0 Å². The fraction of sp³-hybridized carbons (Fsp3) is 0.538. The maximum Gasteiger partial charge on any atom is 0.127 e. The summed E-state index contributed by atoms with van der Waals surface area (Å²) in [5, 5.41) is 0. The molecule has 0 spiro atoms. The first kappa shape index (κ1) is 11.9. The lowest BCUT2D eigenvalue weighted by molar-refractivity contribution is 0.242. The van der Waals surface area contributed by atoms with Crippen LogP contribution >= 0.6 is 15.9 Å². The van der Waals surface area contributed by atoms with Crippen LogP contribution in [0, 0.1) is 13.8 Å². The zero-order valence-electron chi connectivity index (χ0n) is 10.1. The van der Waals surface area contributed by atoms with Crippen LogP contribution < -0.4 is 10.5 Å². The lowest BCUT2D eigenvalue weighted by atomic mass is 9.71. The SMILES string of the molecule is COc1c(C)cc(C)c(Br)c1C1(N)CCC1. The molecule has 1 aliphatic rings. The molecule has 0 atom stereocenters. The molecule has 0 aliphatic heterocycles. The number of aryl methyl sites for hydroxylation is 2. The topological polar surface area (TPSA) is 35.2 Å². The number of hydrogen-bond donors (Lipinski definition) is 1. The van der Waals surface area contributed by atoms with Crippen LogP contribution in [0.3, 0.4) is 0 Å². The first-order valence-electron chi connectivity index (χ1n) is 5.62. The fourth-order valence-electron chi connectivity index (χ4n) is 2.46. The van der Waals surface area contributed by atoms with Gasteiger partial charge in [-0.05, 0) is 44.2 Å². The maximum absolute atomic E-state index is 6.43. The highest BCUT2D eigenvalue weighted by Gasteiger charge is 2.39. The molecule has 0 aromatic heterocycles. The molecule has 1 saturated carbocycles. The fourth-order valence-corrected chi connectivity index (χ4v) is 3.15. The summed E-state index contributed by atoms with van der Waals surface area (Å²) in [4.78, 5) is 0. The van der Waals surface area contributed by atoms with Gasteiger partial charge in [-0.2, -0.15) is 0 Å². The summed E-state index contributed by atoms with van der Waals surface area (Å²) in [5.74, 6) is 0.944. The Hall–Kier alpha value is -0.540. The van der Waals surface area contributed by atoms with Gasteiger partial charge in [-0.3, -0.25) is 0 Å². The summed E-state index contributed by atoms with van der Waals surface area (Å²) in [6, 6.07) is 2.13. The summed E-state index contributed by atoms with van der Waals surface area (Å²) in [6.07, 6.45) is 3.30. The second-order valence-corrected chi connectivity index (χ2v) is 5.54. The highest BCUT2D eigenvalue weighted by Crippen LogP contribution is 2.48. The summed E-state index contributed by atoms with van der Waals surface area (Å²) in [6.45, 7) is 4.17. The molecule has 2 N–H and O–H groups in total. The Morgan fingerprint density at radius 2 is 1.94 bits per heavy atom. The van der Waals surface area contributed by atoms with Crippen LogP contribution in [0.25, 0.3) is 0 Å². The highest BCUT2D eigenvalue weighted by molar-refractivity contribution is 9.10. The van der Waals surface area contributed by atoms with Crippen molar-refractivity contribution >= 4 is 15.9 Å². The molecule has 88 valence electrons. The molecule has 0 heterocycles. The minimum atomic E-state index is -0.193. The number of halogens is 1. The predicted octanol–water partition coefficient (Wildman–Crippen LogP) is 3.41. The molecule has 1 aromatic carbocycles. The third kappa shape index (κ3) is 1.66. The van der Waals surface area contributed by atoms with Crippen molar-refractivity contribution in [2.45, 2.75) is 38.6 Å². The molecule has 3 heteroatoms. The number of ether oxygens (including phenoxy) is 1. The number of methoxy groups -OCH3 is 1. The summed E-state index contributed by atoms with van der Waals surface area (Å²) in [7, 11) is 1.72. The molecule has 1 aliphatic carbocycles. The summed E-state index contributed by atoms with van der Waals surface area (Å²) >= 11 is 3.66. The van der Waals surface area contributed by atoms with Crippen molar-refractivity contribution in [1.82, 2.24) is 0 Å². The average Bonchev–Trinajstić information content (AvgIpc) is 2.19. The van der Waals surface area contributed by atoms with Gasteiger partial charge < -0.3 is 10.5 Å². The van der Waals surface area contributed by atoms with E-state index >= 15 is 0 Å². The van der Waals surface area contributed by atoms with E-state index in [0.29, 0.717) is 0 Å². The number of rotatable bonds is 2. The molecule has 0 saturated heterocycles. The Morgan fingerprint density at radius 3 is 2.38 bits per heavy atom. The Labute approximate surface area is 105 Å². The summed E-state index contributed by atoms with van der Waals surface area (Å²) in [5.41, 5.74) is 9.78. The van der Waals surface area contributed by atoms with Gasteiger partial charge in [-0.15, -0.1) is 0 Å². The van der Waals surface area contributed by atoms with E-state index in [9.17, 15) is 0 Å². The van der Waals surface area contributed by atoms with Gasteiger partial charge in [-0.25, -0.2) is 0 Å². The Bertz CT molecular complexity index is 424. The monoisotopic (exact) mass is 283 g/mol. The van der Waals surface area contributed by atoms with Crippen molar-refractivity contribution < 1.29 is 4.74 Å². The van der Waals surface area contributed by atoms with E-state index in [4.69, 9.17) is 10.5 Å². The lowest BCUT2D eigenvalue weighted by Crippen LogP contribution is -2.44. The molecule has 0 unspecified atom stereocenters. The van der Waals surface area contributed by atoms with Crippen molar-refractivity contribution in [2.24, 2.45) is 5.73 Å². The van der Waals surface area contributed by atoms with Crippen LogP contribution in [0.1, 0.15) is 36.0 Å². The molecule has 0 bridgehead atoms. The molecular formula is C13H18BrNO. The van der Waals surface area contributed by atoms with Gasteiger partial charge in [0.15, 0.2) is 0 Å². The molecule has 16 heavy (non-hydrogen) atoms. The zero-order chi connectivity index (χ0) is 11.9. The quantitative estimate of drug-likeness (QED) is 0.903. The predicted molar refractivity (Wildman–Crippen MR) is 69.9 cm³/mol.